The van der Waals surface area contributed by atoms with Crippen LogP contribution >= 0.6 is 0 Å². The summed E-state index contributed by atoms with van der Waals surface area (Å²) in [5, 5.41) is 2.06. The van der Waals surface area contributed by atoms with Crippen molar-refractivity contribution in [3.05, 3.63) is 0 Å². The highest BCUT2D eigenvalue weighted by Crippen LogP contribution is 2.34. The molecular weight excluding hydrogens is 193 g/mol. The lowest BCUT2D eigenvalue weighted by atomic mass is 10.2. The van der Waals surface area contributed by atoms with E-state index in [-0.39, 0.29) is 12.5 Å². The first kappa shape index (κ1) is 12.6. The molecule has 0 aromatic carbocycles. The van der Waals surface area contributed by atoms with Crippen molar-refractivity contribution in [2.75, 3.05) is 13.1 Å². The third-order valence-corrected chi connectivity index (χ3v) is 1.31. The average Bonchev–Trinajstić information content (AvgIpc) is 1.82. The van der Waals surface area contributed by atoms with Crippen molar-refractivity contribution in [3.63, 3.8) is 0 Å². The van der Waals surface area contributed by atoms with Crippen LogP contribution in [-0.4, -0.2) is 25.2 Å². The Hall–Kier alpha value is -0.390. The smallest absolute Gasteiger partial charge is 0.311 e. The molecule has 0 unspecified atom stereocenters. The molecule has 80 valence electrons. The van der Waals surface area contributed by atoms with Gasteiger partial charge >= 0.3 is 12.1 Å². The molecular formula is C7H12F5N. The van der Waals surface area contributed by atoms with Crippen molar-refractivity contribution in [2.45, 2.75) is 25.9 Å². The van der Waals surface area contributed by atoms with Crippen molar-refractivity contribution < 1.29 is 22.0 Å². The maximum absolute atomic E-state index is 12.2. The van der Waals surface area contributed by atoms with E-state index in [0.29, 0.717) is 0 Å². The lowest BCUT2D eigenvalue weighted by Crippen LogP contribution is -2.45. The first-order valence-electron chi connectivity index (χ1n) is 3.82. The fraction of sp³-hybridized carbons (Fsp3) is 1.00. The van der Waals surface area contributed by atoms with Gasteiger partial charge in [0.05, 0.1) is 6.54 Å². The molecule has 0 atom stereocenters. The molecule has 6 heteroatoms. The van der Waals surface area contributed by atoms with Crippen molar-refractivity contribution in [2.24, 2.45) is 5.92 Å². The molecule has 0 bridgehead atoms. The number of halogens is 5. The van der Waals surface area contributed by atoms with Gasteiger partial charge in [-0.2, -0.15) is 22.0 Å². The Balaban J connectivity index is 3.90. The van der Waals surface area contributed by atoms with Crippen LogP contribution in [0.1, 0.15) is 13.8 Å². The van der Waals surface area contributed by atoms with Crippen LogP contribution in [0.25, 0.3) is 0 Å². The van der Waals surface area contributed by atoms with E-state index in [2.05, 4.69) is 5.32 Å². The molecule has 1 N–H and O–H groups in total. The van der Waals surface area contributed by atoms with Crippen LogP contribution in [0, 0.1) is 5.92 Å². The summed E-state index contributed by atoms with van der Waals surface area (Å²) in [7, 11) is 0. The van der Waals surface area contributed by atoms with E-state index in [9.17, 15) is 22.0 Å². The quantitative estimate of drug-likeness (QED) is 0.695. The molecule has 0 saturated heterocycles. The Morgan fingerprint density at radius 1 is 1.08 bits per heavy atom. The molecule has 0 amide bonds. The minimum absolute atomic E-state index is 0.0454. The summed E-state index contributed by atoms with van der Waals surface area (Å²) in [6.45, 7) is 2.23. The SMILES string of the molecule is CC(C)CNCC(F)(F)C(F)(F)F. The lowest BCUT2D eigenvalue weighted by molar-refractivity contribution is -0.279. The molecule has 0 aromatic rings. The van der Waals surface area contributed by atoms with E-state index in [1.165, 1.54) is 0 Å². The third-order valence-electron chi connectivity index (χ3n) is 1.31. The molecule has 0 heterocycles. The molecule has 0 aliphatic heterocycles. The zero-order valence-corrected chi connectivity index (χ0v) is 7.38. The summed E-state index contributed by atoms with van der Waals surface area (Å²) >= 11 is 0. The van der Waals surface area contributed by atoms with Gasteiger partial charge in [0.25, 0.3) is 0 Å². The predicted molar refractivity (Wildman–Crippen MR) is 38.7 cm³/mol. The Morgan fingerprint density at radius 2 is 1.54 bits per heavy atom. The van der Waals surface area contributed by atoms with Crippen molar-refractivity contribution >= 4 is 0 Å². The number of rotatable bonds is 4. The summed E-state index contributed by atoms with van der Waals surface area (Å²) in [4.78, 5) is 0. The number of hydrogen-bond donors (Lipinski definition) is 1. The Bertz CT molecular complexity index is 151. The van der Waals surface area contributed by atoms with E-state index < -0.39 is 18.6 Å². The zero-order valence-electron chi connectivity index (χ0n) is 7.38. The van der Waals surface area contributed by atoms with Gasteiger partial charge in [-0.05, 0) is 12.5 Å². The minimum Gasteiger partial charge on any atom is -0.311 e. The highest BCUT2D eigenvalue weighted by Gasteiger charge is 2.56. The Labute approximate surface area is 73.3 Å². The Kier molecular flexibility index (Phi) is 4.09. The maximum atomic E-state index is 12.2. The molecule has 0 saturated carbocycles. The monoisotopic (exact) mass is 205 g/mol. The topological polar surface area (TPSA) is 12.0 Å². The summed E-state index contributed by atoms with van der Waals surface area (Å²) in [6, 6.07) is 0. The van der Waals surface area contributed by atoms with Crippen molar-refractivity contribution in [1.82, 2.24) is 5.32 Å². The fourth-order valence-electron chi connectivity index (χ4n) is 0.618. The van der Waals surface area contributed by atoms with E-state index in [0.717, 1.165) is 0 Å². The number of hydrogen-bond acceptors (Lipinski definition) is 1. The van der Waals surface area contributed by atoms with Crippen molar-refractivity contribution in [3.8, 4) is 0 Å². The first-order chi connectivity index (χ1) is 5.67. The molecule has 0 radical (unpaired) electrons. The predicted octanol–water partition coefficient (Wildman–Crippen LogP) is 2.43. The third kappa shape index (κ3) is 4.40. The summed E-state index contributed by atoms with van der Waals surface area (Å²) in [5.74, 6) is -4.59. The second-order valence-corrected chi connectivity index (χ2v) is 3.23. The molecule has 0 aromatic heterocycles. The lowest BCUT2D eigenvalue weighted by Gasteiger charge is -2.20. The molecule has 1 nitrogen and oxygen atoms in total. The van der Waals surface area contributed by atoms with Gasteiger partial charge in [-0.15, -0.1) is 0 Å². The molecule has 13 heavy (non-hydrogen) atoms. The van der Waals surface area contributed by atoms with Gasteiger partial charge in [0, 0.05) is 0 Å². The van der Waals surface area contributed by atoms with E-state index in [4.69, 9.17) is 0 Å². The van der Waals surface area contributed by atoms with Gasteiger partial charge in [-0.3, -0.25) is 0 Å². The molecule has 0 rings (SSSR count). The average molecular weight is 205 g/mol. The number of nitrogens with one attached hydrogen (secondary N) is 1. The highest BCUT2D eigenvalue weighted by molar-refractivity contribution is 4.78. The van der Waals surface area contributed by atoms with Crippen LogP contribution in [-0.2, 0) is 0 Å². The van der Waals surface area contributed by atoms with E-state index >= 15 is 0 Å². The largest absolute Gasteiger partial charge is 0.454 e. The minimum atomic E-state index is -5.46. The van der Waals surface area contributed by atoms with E-state index in [1.54, 1.807) is 13.8 Å². The van der Waals surface area contributed by atoms with E-state index in [1.807, 2.05) is 0 Å². The van der Waals surface area contributed by atoms with Crippen LogP contribution < -0.4 is 5.32 Å². The second-order valence-electron chi connectivity index (χ2n) is 3.23. The summed E-state index contributed by atoms with van der Waals surface area (Å²) in [5.41, 5.74) is 0. The van der Waals surface area contributed by atoms with Gasteiger partial charge in [-0.25, -0.2) is 0 Å². The zero-order chi connectivity index (χ0) is 10.7. The van der Waals surface area contributed by atoms with Crippen molar-refractivity contribution in [1.29, 1.82) is 0 Å². The van der Waals surface area contributed by atoms with Gasteiger partial charge in [0.1, 0.15) is 0 Å². The highest BCUT2D eigenvalue weighted by atomic mass is 19.4. The van der Waals surface area contributed by atoms with Crippen LogP contribution in [0.15, 0.2) is 0 Å². The summed E-state index contributed by atoms with van der Waals surface area (Å²) in [6.07, 6.45) is -5.46. The van der Waals surface area contributed by atoms with Crippen LogP contribution in [0.2, 0.25) is 0 Å². The van der Waals surface area contributed by atoms with Gasteiger partial charge < -0.3 is 5.32 Å². The Morgan fingerprint density at radius 3 is 1.85 bits per heavy atom. The fourth-order valence-corrected chi connectivity index (χ4v) is 0.618. The molecule has 0 aliphatic rings. The van der Waals surface area contributed by atoms with Gasteiger partial charge in [0.15, 0.2) is 0 Å². The normalized spacial score (nSPS) is 13.8. The van der Waals surface area contributed by atoms with Crippen LogP contribution in [0.5, 0.6) is 0 Å². The maximum Gasteiger partial charge on any atom is 0.454 e. The second kappa shape index (κ2) is 4.21. The van der Waals surface area contributed by atoms with Crippen LogP contribution in [0.3, 0.4) is 0 Å². The molecule has 0 spiro atoms. The van der Waals surface area contributed by atoms with Crippen LogP contribution in [0.4, 0.5) is 22.0 Å². The molecule has 0 aliphatic carbocycles. The molecule has 0 fully saturated rings. The standard InChI is InChI=1S/C7H12F5N/c1-5(2)3-13-4-6(8,9)7(10,11)12/h5,13H,3-4H2,1-2H3. The first-order valence-corrected chi connectivity index (χ1v) is 3.82. The number of alkyl halides is 5. The van der Waals surface area contributed by atoms with Gasteiger partial charge in [0.2, 0.25) is 0 Å². The summed E-state index contributed by atoms with van der Waals surface area (Å²) < 4.78 is 59.1. The van der Waals surface area contributed by atoms with Gasteiger partial charge in [-0.1, -0.05) is 13.8 Å².